The standard InChI is InChI=1S/C12H13BrClNO4S/c13-9-4-8(5-11(6-9)20(14,17)18)12(16)15-7-10-2-1-3-19-10/h4-6,10H,1-3,7H2,(H,15,16). The number of amides is 1. The molecule has 1 unspecified atom stereocenters. The molecule has 8 heteroatoms. The highest BCUT2D eigenvalue weighted by atomic mass is 79.9. The normalized spacial score (nSPS) is 19.0. The minimum absolute atomic E-state index is 0.0299. The Balaban J connectivity index is 2.11. The quantitative estimate of drug-likeness (QED) is 0.811. The minimum atomic E-state index is -3.87. The molecule has 1 saturated heterocycles. The maximum absolute atomic E-state index is 12.0. The molecule has 110 valence electrons. The van der Waals surface area contributed by atoms with Crippen molar-refractivity contribution in [3.05, 3.63) is 28.2 Å². The second-order valence-corrected chi connectivity index (χ2v) is 7.94. The number of hydrogen-bond acceptors (Lipinski definition) is 4. The van der Waals surface area contributed by atoms with Crippen LogP contribution in [-0.2, 0) is 13.8 Å². The largest absolute Gasteiger partial charge is 0.376 e. The molecule has 1 aliphatic rings. The van der Waals surface area contributed by atoms with Crippen LogP contribution in [0.1, 0.15) is 23.2 Å². The summed E-state index contributed by atoms with van der Waals surface area (Å²) in [6, 6.07) is 4.13. The van der Waals surface area contributed by atoms with Gasteiger partial charge in [-0.25, -0.2) is 8.42 Å². The molecule has 5 nitrogen and oxygen atoms in total. The van der Waals surface area contributed by atoms with E-state index in [9.17, 15) is 13.2 Å². The topological polar surface area (TPSA) is 72.5 Å². The summed E-state index contributed by atoms with van der Waals surface area (Å²) in [5.74, 6) is -0.358. The Morgan fingerprint density at radius 1 is 1.45 bits per heavy atom. The van der Waals surface area contributed by atoms with Gasteiger partial charge >= 0.3 is 0 Å². The third kappa shape index (κ3) is 4.18. The van der Waals surface area contributed by atoms with Crippen LogP contribution in [0, 0.1) is 0 Å². The fraction of sp³-hybridized carbons (Fsp3) is 0.417. The van der Waals surface area contributed by atoms with Crippen molar-refractivity contribution in [2.24, 2.45) is 0 Å². The van der Waals surface area contributed by atoms with Crippen LogP contribution in [0.5, 0.6) is 0 Å². The lowest BCUT2D eigenvalue weighted by molar-refractivity contribution is 0.0857. The van der Waals surface area contributed by atoms with Crippen LogP contribution in [0.3, 0.4) is 0 Å². The van der Waals surface area contributed by atoms with Gasteiger partial charge in [-0.1, -0.05) is 15.9 Å². The molecule has 0 spiro atoms. The molecule has 1 aliphatic heterocycles. The first-order valence-corrected chi connectivity index (χ1v) is 9.11. The van der Waals surface area contributed by atoms with E-state index in [0.717, 1.165) is 12.8 Å². The molecule has 0 saturated carbocycles. The lowest BCUT2D eigenvalue weighted by Crippen LogP contribution is -2.31. The summed E-state index contributed by atoms with van der Waals surface area (Å²) < 4.78 is 28.5. The van der Waals surface area contributed by atoms with Crippen LogP contribution >= 0.6 is 26.6 Å². The average molecular weight is 383 g/mol. The first kappa shape index (κ1) is 15.8. The highest BCUT2D eigenvalue weighted by Crippen LogP contribution is 2.22. The first-order chi connectivity index (χ1) is 9.36. The van der Waals surface area contributed by atoms with Crippen LogP contribution < -0.4 is 5.32 Å². The van der Waals surface area contributed by atoms with Gasteiger partial charge in [-0.3, -0.25) is 4.79 Å². The summed E-state index contributed by atoms with van der Waals surface area (Å²) in [6.07, 6.45) is 1.94. The van der Waals surface area contributed by atoms with Gasteiger partial charge in [-0.2, -0.15) is 0 Å². The molecule has 0 aromatic heterocycles. The van der Waals surface area contributed by atoms with E-state index in [0.29, 0.717) is 17.6 Å². The molecule has 0 bridgehead atoms. The number of carbonyl (C=O) groups is 1. The van der Waals surface area contributed by atoms with E-state index >= 15 is 0 Å². The SMILES string of the molecule is O=C(NCC1CCCO1)c1cc(Br)cc(S(=O)(=O)Cl)c1. The molecule has 1 aromatic rings. The Kier molecular flexibility index (Phi) is 5.06. The summed E-state index contributed by atoms with van der Waals surface area (Å²) in [7, 11) is 1.41. The van der Waals surface area contributed by atoms with Crippen molar-refractivity contribution in [3.8, 4) is 0 Å². The summed E-state index contributed by atoms with van der Waals surface area (Å²) in [5.41, 5.74) is 0.233. The number of hydrogen-bond donors (Lipinski definition) is 1. The van der Waals surface area contributed by atoms with E-state index in [1.807, 2.05) is 0 Å². The maximum Gasteiger partial charge on any atom is 0.261 e. The zero-order valence-electron chi connectivity index (χ0n) is 10.4. The molecule has 2 rings (SSSR count). The van der Waals surface area contributed by atoms with Crippen LogP contribution in [0.2, 0.25) is 0 Å². The summed E-state index contributed by atoms with van der Waals surface area (Å²) in [4.78, 5) is 11.9. The van der Waals surface area contributed by atoms with Crippen molar-refractivity contribution in [2.45, 2.75) is 23.8 Å². The average Bonchev–Trinajstić information content (AvgIpc) is 2.87. The van der Waals surface area contributed by atoms with Gasteiger partial charge in [0.15, 0.2) is 0 Å². The molecule has 1 heterocycles. The van der Waals surface area contributed by atoms with E-state index < -0.39 is 9.05 Å². The van der Waals surface area contributed by atoms with Gasteiger partial charge in [0, 0.05) is 33.9 Å². The zero-order valence-corrected chi connectivity index (χ0v) is 13.6. The third-order valence-corrected chi connectivity index (χ3v) is 4.72. The van der Waals surface area contributed by atoms with E-state index in [1.54, 1.807) is 0 Å². The van der Waals surface area contributed by atoms with E-state index in [2.05, 4.69) is 21.2 Å². The predicted molar refractivity (Wildman–Crippen MR) is 78.5 cm³/mol. The highest BCUT2D eigenvalue weighted by molar-refractivity contribution is 9.10. The Morgan fingerprint density at radius 2 is 2.20 bits per heavy atom. The van der Waals surface area contributed by atoms with Crippen LogP contribution in [0.15, 0.2) is 27.6 Å². The van der Waals surface area contributed by atoms with Crippen molar-refractivity contribution in [1.29, 1.82) is 0 Å². The van der Waals surface area contributed by atoms with Crippen LogP contribution in [-0.4, -0.2) is 33.6 Å². The van der Waals surface area contributed by atoms with Crippen molar-refractivity contribution in [1.82, 2.24) is 5.32 Å². The Bertz CT molecular complexity index is 614. The zero-order chi connectivity index (χ0) is 14.8. The number of carbonyl (C=O) groups excluding carboxylic acids is 1. The number of benzene rings is 1. The van der Waals surface area contributed by atoms with Crippen molar-refractivity contribution in [2.75, 3.05) is 13.2 Å². The monoisotopic (exact) mass is 381 g/mol. The molecule has 1 aromatic carbocycles. The van der Waals surface area contributed by atoms with Crippen LogP contribution in [0.4, 0.5) is 0 Å². The number of nitrogens with one attached hydrogen (secondary N) is 1. The van der Waals surface area contributed by atoms with E-state index in [1.165, 1.54) is 18.2 Å². The fourth-order valence-corrected chi connectivity index (χ4v) is 3.40. The highest BCUT2D eigenvalue weighted by Gasteiger charge is 2.18. The molecule has 1 fully saturated rings. The molecular weight excluding hydrogens is 370 g/mol. The summed E-state index contributed by atoms with van der Waals surface area (Å²) in [5, 5.41) is 2.72. The second-order valence-electron chi connectivity index (χ2n) is 4.46. The Labute approximate surface area is 130 Å². The van der Waals surface area contributed by atoms with Crippen LogP contribution in [0.25, 0.3) is 0 Å². The van der Waals surface area contributed by atoms with Gasteiger partial charge in [-0.15, -0.1) is 0 Å². The first-order valence-electron chi connectivity index (χ1n) is 6.01. The molecule has 1 atom stereocenters. The minimum Gasteiger partial charge on any atom is -0.376 e. The number of ether oxygens (including phenoxy) is 1. The van der Waals surface area contributed by atoms with Crippen molar-refractivity contribution >= 4 is 41.6 Å². The van der Waals surface area contributed by atoms with E-state index in [-0.39, 0.29) is 22.5 Å². The lowest BCUT2D eigenvalue weighted by atomic mass is 10.2. The number of rotatable bonds is 4. The Hall–Kier alpha value is -0.630. The van der Waals surface area contributed by atoms with E-state index in [4.69, 9.17) is 15.4 Å². The molecule has 1 amide bonds. The van der Waals surface area contributed by atoms with Gasteiger partial charge in [0.25, 0.3) is 15.0 Å². The van der Waals surface area contributed by atoms with Gasteiger partial charge in [-0.05, 0) is 31.0 Å². The predicted octanol–water partition coefficient (Wildman–Crippen LogP) is 2.29. The van der Waals surface area contributed by atoms with Gasteiger partial charge in [0.1, 0.15) is 0 Å². The second kappa shape index (κ2) is 6.43. The lowest BCUT2D eigenvalue weighted by Gasteiger charge is -2.11. The van der Waals surface area contributed by atoms with Crippen molar-refractivity contribution < 1.29 is 17.9 Å². The van der Waals surface area contributed by atoms with Gasteiger partial charge < -0.3 is 10.1 Å². The molecular formula is C12H13BrClNO4S. The number of halogens is 2. The third-order valence-electron chi connectivity index (χ3n) is 2.93. The Morgan fingerprint density at radius 3 is 2.80 bits per heavy atom. The molecule has 20 heavy (non-hydrogen) atoms. The van der Waals surface area contributed by atoms with Crippen molar-refractivity contribution in [3.63, 3.8) is 0 Å². The summed E-state index contributed by atoms with van der Waals surface area (Å²) in [6.45, 7) is 1.13. The smallest absolute Gasteiger partial charge is 0.261 e. The molecule has 1 N–H and O–H groups in total. The molecule has 0 radical (unpaired) electrons. The summed E-state index contributed by atoms with van der Waals surface area (Å²) >= 11 is 3.16. The molecule has 0 aliphatic carbocycles. The van der Waals surface area contributed by atoms with Gasteiger partial charge in [0.05, 0.1) is 11.0 Å². The maximum atomic E-state index is 12.0. The van der Waals surface area contributed by atoms with Gasteiger partial charge in [0.2, 0.25) is 0 Å². The fourth-order valence-electron chi connectivity index (χ4n) is 1.95.